The van der Waals surface area contributed by atoms with Crippen LogP contribution in [0.15, 0.2) is 18.2 Å². The molecule has 0 fully saturated rings. The second-order valence-corrected chi connectivity index (χ2v) is 5.97. The van der Waals surface area contributed by atoms with Gasteiger partial charge >= 0.3 is 0 Å². The number of fused-ring (bicyclic) bond motifs is 1. The fraction of sp³-hybridized carbons (Fsp3) is 0.538. The van der Waals surface area contributed by atoms with Crippen molar-refractivity contribution in [2.24, 2.45) is 5.41 Å². The highest BCUT2D eigenvalue weighted by Gasteiger charge is 2.36. The first kappa shape index (κ1) is 14.8. The maximum Gasteiger partial charge on any atom is 0.112 e. The van der Waals surface area contributed by atoms with E-state index in [1.165, 1.54) is 5.06 Å². The number of halogens is 1. The van der Waals surface area contributed by atoms with Gasteiger partial charge in [-0.2, -0.15) is 4.28 Å². The zero-order valence-corrected chi connectivity index (χ0v) is 12.6. The minimum atomic E-state index is -2.57. The molecule has 19 heavy (non-hydrogen) atoms. The highest BCUT2D eigenvalue weighted by Crippen LogP contribution is 2.42. The van der Waals surface area contributed by atoms with Crippen molar-refractivity contribution in [3.63, 3.8) is 0 Å². The Hall–Kier alpha value is -0.620. The van der Waals surface area contributed by atoms with Crippen LogP contribution in [0.5, 0.6) is 0 Å². The Balaban J connectivity index is 2.42. The Labute approximate surface area is 121 Å². The third kappa shape index (κ3) is 3.11. The van der Waals surface area contributed by atoms with Gasteiger partial charge in [-0.05, 0) is 48.4 Å². The normalized spacial score (nSPS) is 19.1. The van der Waals surface area contributed by atoms with Crippen molar-refractivity contribution in [2.75, 3.05) is 11.6 Å². The fourth-order valence-electron chi connectivity index (χ4n) is 2.65. The molecule has 1 aromatic rings. The molecule has 1 unspecified atom stereocenters. The van der Waals surface area contributed by atoms with E-state index in [-0.39, 0.29) is 5.41 Å². The van der Waals surface area contributed by atoms with E-state index in [9.17, 15) is 8.76 Å². The molecule has 4 nitrogen and oxygen atoms in total. The summed E-state index contributed by atoms with van der Waals surface area (Å²) in [7, 11) is 0. The van der Waals surface area contributed by atoms with E-state index >= 15 is 0 Å². The summed E-state index contributed by atoms with van der Waals surface area (Å²) in [6.07, 6.45) is 2.81. The van der Waals surface area contributed by atoms with Crippen molar-refractivity contribution in [3.05, 3.63) is 28.8 Å². The van der Waals surface area contributed by atoms with Crippen LogP contribution < -0.4 is 5.06 Å². The quantitative estimate of drug-likeness (QED) is 0.801. The van der Waals surface area contributed by atoms with E-state index < -0.39 is 11.4 Å². The summed E-state index contributed by atoms with van der Waals surface area (Å²) < 4.78 is 26.6. The van der Waals surface area contributed by atoms with Crippen molar-refractivity contribution in [1.29, 1.82) is 0 Å². The smallest absolute Gasteiger partial charge is 0.112 e. The van der Waals surface area contributed by atoms with Crippen molar-refractivity contribution in [2.45, 2.75) is 33.1 Å². The van der Waals surface area contributed by atoms with Crippen LogP contribution >= 0.6 is 11.6 Å². The lowest BCUT2D eigenvalue weighted by molar-refractivity contribution is 0.169. The van der Waals surface area contributed by atoms with E-state index in [0.717, 1.165) is 30.5 Å². The molecule has 0 spiro atoms. The van der Waals surface area contributed by atoms with Crippen LogP contribution in [0, 0.1) is 5.41 Å². The molecule has 0 aliphatic carbocycles. The molecule has 0 aromatic heterocycles. The Morgan fingerprint density at radius 3 is 2.74 bits per heavy atom. The first-order valence-corrected chi connectivity index (χ1v) is 7.71. The summed E-state index contributed by atoms with van der Waals surface area (Å²) in [5.74, 6) is 0. The highest BCUT2D eigenvalue weighted by atomic mass is 35.5. The fourth-order valence-corrected chi connectivity index (χ4v) is 3.13. The van der Waals surface area contributed by atoms with Gasteiger partial charge in [0.25, 0.3) is 0 Å². The molecule has 1 heterocycles. The average Bonchev–Trinajstić information content (AvgIpc) is 2.37. The summed E-state index contributed by atoms with van der Waals surface area (Å²) in [6.45, 7) is 4.80. The molecule has 0 amide bonds. The van der Waals surface area contributed by atoms with Gasteiger partial charge in [-0.15, -0.1) is 0 Å². The molecule has 2 rings (SSSR count). The van der Waals surface area contributed by atoms with Crippen LogP contribution in [0.25, 0.3) is 0 Å². The predicted octanol–water partition coefficient (Wildman–Crippen LogP) is 3.23. The molecule has 1 aliphatic heterocycles. The molecule has 0 N–H and O–H groups in total. The Morgan fingerprint density at radius 1 is 1.47 bits per heavy atom. The second kappa shape index (κ2) is 5.79. The van der Waals surface area contributed by atoms with E-state index in [4.69, 9.17) is 15.9 Å². The van der Waals surface area contributed by atoms with Gasteiger partial charge in [0.15, 0.2) is 0 Å². The topological polar surface area (TPSA) is 52.6 Å². The van der Waals surface area contributed by atoms with E-state index in [1.807, 2.05) is 6.07 Å². The number of rotatable bonds is 4. The van der Waals surface area contributed by atoms with E-state index in [2.05, 4.69) is 13.8 Å². The molecular weight excluding hydrogens is 286 g/mol. The molecule has 1 atom stereocenters. The van der Waals surface area contributed by atoms with Gasteiger partial charge in [0.1, 0.15) is 11.4 Å². The lowest BCUT2D eigenvalue weighted by atomic mass is 9.74. The molecule has 1 aliphatic rings. The minimum Gasteiger partial charge on any atom is -0.748 e. The first-order valence-electron chi connectivity index (χ1n) is 6.33. The van der Waals surface area contributed by atoms with Gasteiger partial charge in [-0.1, -0.05) is 25.4 Å². The molecule has 0 saturated carbocycles. The average molecular weight is 303 g/mol. The third-order valence-electron chi connectivity index (χ3n) is 4.01. The number of hydroxylamine groups is 1. The summed E-state index contributed by atoms with van der Waals surface area (Å²) >= 11 is 3.46. The molecule has 0 radical (unpaired) electrons. The lowest BCUT2D eigenvalue weighted by Crippen LogP contribution is -2.43. The zero-order chi connectivity index (χ0) is 14.0. The predicted molar refractivity (Wildman–Crippen MR) is 75.5 cm³/mol. The number of nitrogens with zero attached hydrogens (tertiary/aromatic N) is 1. The number of hydrogen-bond donors (Lipinski definition) is 0. The summed E-state index contributed by atoms with van der Waals surface area (Å²) in [5, 5.41) is 2.12. The van der Waals surface area contributed by atoms with Crippen LogP contribution in [0.1, 0.15) is 32.3 Å². The van der Waals surface area contributed by atoms with Gasteiger partial charge in [0.2, 0.25) is 0 Å². The van der Waals surface area contributed by atoms with Gasteiger partial charge in [0.05, 0.1) is 12.2 Å². The van der Waals surface area contributed by atoms with Crippen LogP contribution in [-0.4, -0.2) is 15.3 Å². The Morgan fingerprint density at radius 2 is 2.16 bits per heavy atom. The highest BCUT2D eigenvalue weighted by molar-refractivity contribution is 7.74. The Kier molecular flexibility index (Phi) is 4.50. The van der Waals surface area contributed by atoms with Crippen molar-refractivity contribution in [3.8, 4) is 0 Å². The zero-order valence-electron chi connectivity index (χ0n) is 11.0. The van der Waals surface area contributed by atoms with Crippen molar-refractivity contribution >= 4 is 28.6 Å². The SMILES string of the molecule is CCC1(CC)Cc2cc(Cl)ccc2N(OS(=O)[O-])C1. The van der Waals surface area contributed by atoms with E-state index in [1.54, 1.807) is 12.1 Å². The molecule has 0 bridgehead atoms. The van der Waals surface area contributed by atoms with Crippen molar-refractivity contribution < 1.29 is 13.0 Å². The van der Waals surface area contributed by atoms with Crippen LogP contribution in [0.3, 0.4) is 0 Å². The van der Waals surface area contributed by atoms with Gasteiger partial charge in [-0.3, -0.25) is 0 Å². The van der Waals surface area contributed by atoms with Crippen molar-refractivity contribution in [1.82, 2.24) is 0 Å². The van der Waals surface area contributed by atoms with Gasteiger partial charge < -0.3 is 4.55 Å². The second-order valence-electron chi connectivity index (χ2n) is 4.97. The first-order chi connectivity index (χ1) is 8.99. The third-order valence-corrected chi connectivity index (χ3v) is 4.54. The van der Waals surface area contributed by atoms with Crippen LogP contribution in [0.4, 0.5) is 5.69 Å². The van der Waals surface area contributed by atoms with Gasteiger partial charge in [0, 0.05) is 5.02 Å². The van der Waals surface area contributed by atoms with Crippen LogP contribution in [-0.2, 0) is 22.1 Å². The van der Waals surface area contributed by atoms with E-state index in [0.29, 0.717) is 11.6 Å². The largest absolute Gasteiger partial charge is 0.748 e. The monoisotopic (exact) mass is 302 g/mol. The lowest BCUT2D eigenvalue weighted by Gasteiger charge is -2.42. The minimum absolute atomic E-state index is 0.0249. The maximum absolute atomic E-state index is 10.8. The number of hydrogen-bond acceptors (Lipinski definition) is 4. The van der Waals surface area contributed by atoms with Gasteiger partial charge in [-0.25, -0.2) is 9.27 Å². The van der Waals surface area contributed by atoms with Crippen LogP contribution in [0.2, 0.25) is 5.02 Å². The number of benzene rings is 1. The maximum atomic E-state index is 10.8. The summed E-state index contributed by atoms with van der Waals surface area (Å²) in [5.41, 5.74) is 1.84. The molecular formula is C13H17ClNO3S-. The molecule has 106 valence electrons. The number of anilines is 1. The molecule has 0 saturated heterocycles. The molecule has 1 aromatic carbocycles. The summed E-state index contributed by atoms with van der Waals surface area (Å²) in [4.78, 5) is 0. The summed E-state index contributed by atoms with van der Waals surface area (Å²) in [6, 6.07) is 5.44. The standard InChI is InChI=1S/C13H18ClNO3S/c1-3-13(4-2)8-10-7-11(14)5-6-12(10)15(9-13)18-19(16)17/h5-7H,3-4,8-9H2,1-2H3,(H,16,17)/p-1. The molecule has 6 heteroatoms. The Bertz CT molecular complexity index is 491.